The SMILES string of the molecule is CCCCn1[nH]c(C(C)C)cc1=O. The Bertz CT molecular complexity index is 309. The molecular formula is C10H18N2O. The molecule has 0 bridgehead atoms. The third-order valence-corrected chi connectivity index (χ3v) is 2.17. The minimum atomic E-state index is 0.0946. The zero-order chi connectivity index (χ0) is 9.84. The van der Waals surface area contributed by atoms with E-state index < -0.39 is 0 Å². The summed E-state index contributed by atoms with van der Waals surface area (Å²) in [6, 6.07) is 1.69. The summed E-state index contributed by atoms with van der Waals surface area (Å²) in [5.41, 5.74) is 1.12. The van der Waals surface area contributed by atoms with E-state index in [0.29, 0.717) is 5.92 Å². The van der Waals surface area contributed by atoms with Crippen LogP contribution < -0.4 is 5.56 Å². The Kier molecular flexibility index (Phi) is 3.34. The van der Waals surface area contributed by atoms with E-state index in [1.165, 1.54) is 0 Å². The minimum Gasteiger partial charge on any atom is -0.299 e. The maximum atomic E-state index is 11.4. The number of rotatable bonds is 4. The van der Waals surface area contributed by atoms with E-state index in [4.69, 9.17) is 0 Å². The Hall–Kier alpha value is -0.990. The molecule has 0 unspecified atom stereocenters. The minimum absolute atomic E-state index is 0.0946. The van der Waals surface area contributed by atoms with Crippen LogP contribution in [0.5, 0.6) is 0 Å². The van der Waals surface area contributed by atoms with Gasteiger partial charge in [-0.05, 0) is 12.3 Å². The standard InChI is InChI=1S/C10H18N2O/c1-4-5-6-12-10(13)7-9(11-12)8(2)3/h7-8,11H,4-6H2,1-3H3. The van der Waals surface area contributed by atoms with Crippen molar-refractivity contribution in [2.45, 2.75) is 46.1 Å². The summed E-state index contributed by atoms with van der Waals surface area (Å²) in [6.07, 6.45) is 2.17. The van der Waals surface area contributed by atoms with Crippen LogP contribution in [0.15, 0.2) is 10.9 Å². The number of aromatic amines is 1. The molecule has 74 valence electrons. The van der Waals surface area contributed by atoms with Crippen molar-refractivity contribution in [3.63, 3.8) is 0 Å². The molecule has 0 amide bonds. The van der Waals surface area contributed by atoms with E-state index in [2.05, 4.69) is 25.9 Å². The fourth-order valence-electron chi connectivity index (χ4n) is 1.23. The van der Waals surface area contributed by atoms with E-state index in [1.807, 2.05) is 0 Å². The van der Waals surface area contributed by atoms with E-state index in [9.17, 15) is 4.79 Å². The van der Waals surface area contributed by atoms with Gasteiger partial charge in [0.1, 0.15) is 0 Å². The highest BCUT2D eigenvalue weighted by Gasteiger charge is 2.04. The lowest BCUT2D eigenvalue weighted by Gasteiger charge is -2.01. The average molecular weight is 182 g/mol. The van der Waals surface area contributed by atoms with Crippen LogP contribution in [0.3, 0.4) is 0 Å². The van der Waals surface area contributed by atoms with Gasteiger partial charge in [0.15, 0.2) is 0 Å². The van der Waals surface area contributed by atoms with Crippen LogP contribution >= 0.6 is 0 Å². The van der Waals surface area contributed by atoms with E-state index in [1.54, 1.807) is 10.7 Å². The molecule has 3 nitrogen and oxygen atoms in total. The van der Waals surface area contributed by atoms with Crippen molar-refractivity contribution in [1.82, 2.24) is 9.78 Å². The van der Waals surface area contributed by atoms with Crippen LogP contribution in [0, 0.1) is 0 Å². The van der Waals surface area contributed by atoms with Crippen LogP contribution in [-0.4, -0.2) is 9.78 Å². The van der Waals surface area contributed by atoms with Gasteiger partial charge in [-0.1, -0.05) is 27.2 Å². The van der Waals surface area contributed by atoms with Crippen molar-refractivity contribution in [1.29, 1.82) is 0 Å². The van der Waals surface area contributed by atoms with Crippen molar-refractivity contribution in [2.75, 3.05) is 0 Å². The molecule has 3 heteroatoms. The summed E-state index contributed by atoms with van der Waals surface area (Å²) in [6.45, 7) is 7.09. The lowest BCUT2D eigenvalue weighted by atomic mass is 10.1. The Morgan fingerprint density at radius 1 is 1.54 bits per heavy atom. The second-order valence-electron chi connectivity index (χ2n) is 3.71. The maximum absolute atomic E-state index is 11.4. The predicted molar refractivity (Wildman–Crippen MR) is 54.0 cm³/mol. The Morgan fingerprint density at radius 3 is 2.69 bits per heavy atom. The first kappa shape index (κ1) is 10.1. The van der Waals surface area contributed by atoms with Crippen molar-refractivity contribution in [3.05, 3.63) is 22.1 Å². The van der Waals surface area contributed by atoms with Gasteiger partial charge in [-0.2, -0.15) is 0 Å². The first-order valence-corrected chi connectivity index (χ1v) is 4.95. The van der Waals surface area contributed by atoms with Crippen LogP contribution in [0.1, 0.15) is 45.2 Å². The molecular weight excluding hydrogens is 164 g/mol. The van der Waals surface area contributed by atoms with Crippen molar-refractivity contribution >= 4 is 0 Å². The molecule has 1 N–H and O–H groups in total. The largest absolute Gasteiger partial charge is 0.299 e. The van der Waals surface area contributed by atoms with Gasteiger partial charge in [0.05, 0.1) is 0 Å². The van der Waals surface area contributed by atoms with E-state index in [-0.39, 0.29) is 5.56 Å². The second-order valence-corrected chi connectivity index (χ2v) is 3.71. The van der Waals surface area contributed by atoms with Gasteiger partial charge in [0.2, 0.25) is 0 Å². The first-order valence-electron chi connectivity index (χ1n) is 4.95. The molecule has 0 radical (unpaired) electrons. The summed E-state index contributed by atoms with van der Waals surface area (Å²) in [7, 11) is 0. The van der Waals surface area contributed by atoms with E-state index in [0.717, 1.165) is 25.1 Å². The zero-order valence-corrected chi connectivity index (χ0v) is 8.63. The molecule has 0 aliphatic heterocycles. The molecule has 13 heavy (non-hydrogen) atoms. The molecule has 1 aromatic heterocycles. The molecule has 1 rings (SSSR count). The molecule has 0 aromatic carbocycles. The molecule has 0 aliphatic carbocycles. The molecule has 1 aromatic rings. The fourth-order valence-corrected chi connectivity index (χ4v) is 1.23. The van der Waals surface area contributed by atoms with Crippen molar-refractivity contribution in [3.8, 4) is 0 Å². The number of unbranched alkanes of at least 4 members (excludes halogenated alkanes) is 1. The average Bonchev–Trinajstić information content (AvgIpc) is 2.44. The van der Waals surface area contributed by atoms with Gasteiger partial charge in [0, 0.05) is 18.3 Å². The molecule has 0 aliphatic rings. The predicted octanol–water partition coefficient (Wildman–Crippen LogP) is 2.10. The smallest absolute Gasteiger partial charge is 0.266 e. The number of H-pyrrole nitrogens is 1. The number of aryl methyl sites for hydroxylation is 1. The summed E-state index contributed by atoms with van der Waals surface area (Å²) in [5, 5.41) is 3.12. The molecule has 0 spiro atoms. The van der Waals surface area contributed by atoms with Crippen molar-refractivity contribution in [2.24, 2.45) is 0 Å². The summed E-state index contributed by atoms with van der Waals surface area (Å²) in [4.78, 5) is 11.4. The van der Waals surface area contributed by atoms with Gasteiger partial charge in [-0.3, -0.25) is 14.6 Å². The quantitative estimate of drug-likeness (QED) is 0.760. The third-order valence-electron chi connectivity index (χ3n) is 2.17. The Labute approximate surface area is 78.8 Å². The van der Waals surface area contributed by atoms with Crippen molar-refractivity contribution < 1.29 is 0 Å². The van der Waals surface area contributed by atoms with Gasteiger partial charge >= 0.3 is 0 Å². The normalized spacial score (nSPS) is 11.1. The lowest BCUT2D eigenvalue weighted by Crippen LogP contribution is -2.15. The van der Waals surface area contributed by atoms with Crippen LogP contribution in [0.2, 0.25) is 0 Å². The Morgan fingerprint density at radius 2 is 2.23 bits per heavy atom. The topological polar surface area (TPSA) is 37.8 Å². The van der Waals surface area contributed by atoms with Crippen LogP contribution in [0.4, 0.5) is 0 Å². The number of nitrogens with zero attached hydrogens (tertiary/aromatic N) is 1. The monoisotopic (exact) mass is 182 g/mol. The summed E-state index contributed by atoms with van der Waals surface area (Å²) < 4.78 is 1.69. The van der Waals surface area contributed by atoms with E-state index >= 15 is 0 Å². The summed E-state index contributed by atoms with van der Waals surface area (Å²) in [5.74, 6) is 0.399. The zero-order valence-electron chi connectivity index (χ0n) is 8.63. The van der Waals surface area contributed by atoms with Crippen LogP contribution in [-0.2, 0) is 6.54 Å². The maximum Gasteiger partial charge on any atom is 0.266 e. The molecule has 0 atom stereocenters. The van der Waals surface area contributed by atoms with Gasteiger partial charge in [0.25, 0.3) is 5.56 Å². The molecule has 0 fully saturated rings. The van der Waals surface area contributed by atoms with Gasteiger partial charge in [-0.25, -0.2) is 0 Å². The molecule has 1 heterocycles. The van der Waals surface area contributed by atoms with Gasteiger partial charge in [-0.15, -0.1) is 0 Å². The number of hydrogen-bond acceptors (Lipinski definition) is 1. The van der Waals surface area contributed by atoms with Crippen LogP contribution in [0.25, 0.3) is 0 Å². The highest BCUT2D eigenvalue weighted by molar-refractivity contribution is 5.04. The molecule has 0 saturated heterocycles. The second kappa shape index (κ2) is 4.30. The van der Waals surface area contributed by atoms with Gasteiger partial charge < -0.3 is 0 Å². The number of nitrogens with one attached hydrogen (secondary N) is 1. The number of hydrogen-bond donors (Lipinski definition) is 1. The molecule has 0 saturated carbocycles. The third kappa shape index (κ3) is 2.47. The fraction of sp³-hybridized carbons (Fsp3) is 0.700. The summed E-state index contributed by atoms with van der Waals surface area (Å²) >= 11 is 0. The highest BCUT2D eigenvalue weighted by atomic mass is 16.1. The first-order chi connectivity index (χ1) is 6.15. The lowest BCUT2D eigenvalue weighted by molar-refractivity contribution is 0.548. The Balaban J connectivity index is 2.78. The highest BCUT2D eigenvalue weighted by Crippen LogP contribution is 2.08. The number of aromatic nitrogens is 2.